The molecular weight excluding hydrogens is 432 g/mol. The average molecular weight is 475 g/mol. The number of rotatable bonds is 9. The Labute approximate surface area is 211 Å². The van der Waals surface area contributed by atoms with Crippen LogP contribution >= 0.6 is 0 Å². The van der Waals surface area contributed by atoms with Gasteiger partial charge in [-0.05, 0) is 105 Å². The van der Waals surface area contributed by atoms with E-state index in [0.717, 1.165) is 12.8 Å². The molecule has 0 amide bonds. The number of nitriles is 2. The summed E-state index contributed by atoms with van der Waals surface area (Å²) in [6, 6.07) is 9.44. The van der Waals surface area contributed by atoms with Crippen molar-refractivity contribution in [2.45, 2.75) is 122 Å². The number of benzene rings is 1. The van der Waals surface area contributed by atoms with Crippen LogP contribution in [0.4, 0.5) is 0 Å². The molecule has 1 aromatic rings. The molecule has 35 heavy (non-hydrogen) atoms. The van der Waals surface area contributed by atoms with E-state index in [1.54, 1.807) is 18.2 Å². The van der Waals surface area contributed by atoms with Crippen molar-refractivity contribution in [1.82, 2.24) is 0 Å². The SMILES string of the molecule is CCCCC[C@]1(C23CCC(CCC)(CC2)CC3)CC[C@](C(=O)O)(c2cccc(C#N)c2C#N)CC1. The molecule has 0 saturated heterocycles. The molecule has 4 aliphatic rings. The Kier molecular flexibility index (Phi) is 7.33. The second-order valence-electron chi connectivity index (χ2n) is 12.1. The van der Waals surface area contributed by atoms with E-state index in [1.165, 1.54) is 77.0 Å². The molecule has 4 heteroatoms. The fourth-order valence-electron chi connectivity index (χ4n) is 8.64. The van der Waals surface area contributed by atoms with Crippen LogP contribution in [0.2, 0.25) is 0 Å². The number of hydrogen-bond acceptors (Lipinski definition) is 3. The van der Waals surface area contributed by atoms with E-state index in [1.807, 2.05) is 0 Å². The maximum absolute atomic E-state index is 12.9. The number of carboxylic acid groups (broad SMARTS) is 1. The minimum Gasteiger partial charge on any atom is -0.481 e. The molecule has 0 atom stereocenters. The number of carboxylic acids is 1. The summed E-state index contributed by atoms with van der Waals surface area (Å²) >= 11 is 0. The summed E-state index contributed by atoms with van der Waals surface area (Å²) in [6.45, 7) is 4.58. The van der Waals surface area contributed by atoms with Crippen molar-refractivity contribution < 1.29 is 9.90 Å². The van der Waals surface area contributed by atoms with Crippen molar-refractivity contribution in [3.63, 3.8) is 0 Å². The Morgan fingerprint density at radius 3 is 2.03 bits per heavy atom. The van der Waals surface area contributed by atoms with E-state index < -0.39 is 11.4 Å². The molecule has 1 N–H and O–H groups in total. The molecule has 4 saturated carbocycles. The lowest BCUT2D eigenvalue weighted by atomic mass is 9.41. The minimum atomic E-state index is -1.07. The van der Waals surface area contributed by atoms with Gasteiger partial charge < -0.3 is 5.11 Å². The highest BCUT2D eigenvalue weighted by molar-refractivity contribution is 5.83. The normalized spacial score (nSPS) is 34.2. The van der Waals surface area contributed by atoms with Gasteiger partial charge in [0.25, 0.3) is 0 Å². The summed E-state index contributed by atoms with van der Waals surface area (Å²) in [4.78, 5) is 12.9. The lowest BCUT2D eigenvalue weighted by Crippen LogP contribution is -2.55. The molecule has 0 radical (unpaired) electrons. The predicted molar refractivity (Wildman–Crippen MR) is 138 cm³/mol. The van der Waals surface area contributed by atoms with Gasteiger partial charge >= 0.3 is 5.97 Å². The Balaban J connectivity index is 1.67. The number of hydrogen-bond donors (Lipinski definition) is 1. The van der Waals surface area contributed by atoms with Gasteiger partial charge in [0.2, 0.25) is 0 Å². The first-order valence-electron chi connectivity index (χ1n) is 14.0. The predicted octanol–water partition coefficient (Wildman–Crippen LogP) is 8.03. The van der Waals surface area contributed by atoms with Crippen LogP contribution in [0.25, 0.3) is 0 Å². The van der Waals surface area contributed by atoms with Crippen LogP contribution in [0, 0.1) is 38.9 Å². The van der Waals surface area contributed by atoms with Crippen LogP contribution < -0.4 is 0 Å². The molecule has 0 heterocycles. The van der Waals surface area contributed by atoms with E-state index in [4.69, 9.17) is 0 Å². The van der Waals surface area contributed by atoms with Gasteiger partial charge in [-0.15, -0.1) is 0 Å². The summed E-state index contributed by atoms with van der Waals surface area (Å²) in [6.07, 6.45) is 18.5. The first-order valence-corrected chi connectivity index (χ1v) is 14.0. The van der Waals surface area contributed by atoms with Crippen LogP contribution in [-0.4, -0.2) is 11.1 Å². The number of fused-ring (bicyclic) bond motifs is 3. The first-order chi connectivity index (χ1) is 16.9. The lowest BCUT2D eigenvalue weighted by molar-refractivity contribution is -0.154. The van der Waals surface area contributed by atoms with Gasteiger partial charge in [0, 0.05) is 0 Å². The van der Waals surface area contributed by atoms with Gasteiger partial charge in [-0.2, -0.15) is 10.5 Å². The third kappa shape index (κ3) is 4.18. The molecule has 1 aromatic carbocycles. The van der Waals surface area contributed by atoms with E-state index in [0.29, 0.717) is 29.2 Å². The van der Waals surface area contributed by atoms with Crippen LogP contribution in [-0.2, 0) is 10.2 Å². The van der Waals surface area contributed by atoms with Crippen molar-refractivity contribution in [2.24, 2.45) is 16.2 Å². The minimum absolute atomic E-state index is 0.208. The highest BCUT2D eigenvalue weighted by Gasteiger charge is 2.60. The maximum Gasteiger partial charge on any atom is 0.314 e. The summed E-state index contributed by atoms with van der Waals surface area (Å²) in [5, 5.41) is 30.0. The average Bonchev–Trinajstić information content (AvgIpc) is 2.89. The van der Waals surface area contributed by atoms with Crippen molar-refractivity contribution in [2.75, 3.05) is 0 Å². The number of nitrogens with zero attached hydrogens (tertiary/aromatic N) is 2. The van der Waals surface area contributed by atoms with E-state index in [2.05, 4.69) is 26.0 Å². The highest BCUT2D eigenvalue weighted by atomic mass is 16.4. The summed E-state index contributed by atoms with van der Waals surface area (Å²) in [7, 11) is 0. The topological polar surface area (TPSA) is 84.9 Å². The molecule has 2 bridgehead atoms. The Bertz CT molecular complexity index is 995. The zero-order chi connectivity index (χ0) is 25.2. The summed E-state index contributed by atoms with van der Waals surface area (Å²) in [5.74, 6) is -0.835. The molecule has 4 nitrogen and oxygen atoms in total. The molecule has 5 rings (SSSR count). The summed E-state index contributed by atoms with van der Waals surface area (Å²) < 4.78 is 0. The fraction of sp³-hybridized carbons (Fsp3) is 0.710. The monoisotopic (exact) mass is 474 g/mol. The maximum atomic E-state index is 12.9. The molecule has 0 unspecified atom stereocenters. The van der Waals surface area contributed by atoms with Crippen LogP contribution in [0.5, 0.6) is 0 Å². The Morgan fingerprint density at radius 1 is 0.857 bits per heavy atom. The van der Waals surface area contributed by atoms with Gasteiger partial charge in [-0.1, -0.05) is 51.7 Å². The summed E-state index contributed by atoms with van der Waals surface area (Å²) in [5.41, 5.74) is 1.16. The van der Waals surface area contributed by atoms with Gasteiger partial charge in [-0.3, -0.25) is 4.79 Å². The molecule has 0 aliphatic heterocycles. The zero-order valence-corrected chi connectivity index (χ0v) is 21.8. The van der Waals surface area contributed by atoms with Crippen molar-refractivity contribution >= 4 is 5.97 Å². The molecule has 0 spiro atoms. The van der Waals surface area contributed by atoms with Gasteiger partial charge in [0.05, 0.1) is 16.5 Å². The Hall–Kier alpha value is -2.33. The molecule has 4 aliphatic carbocycles. The quantitative estimate of drug-likeness (QED) is 0.367. The van der Waals surface area contributed by atoms with Crippen LogP contribution in [0.1, 0.15) is 133 Å². The zero-order valence-electron chi connectivity index (χ0n) is 21.8. The van der Waals surface area contributed by atoms with E-state index >= 15 is 0 Å². The van der Waals surface area contributed by atoms with Gasteiger partial charge in [0.1, 0.15) is 12.1 Å². The van der Waals surface area contributed by atoms with Crippen molar-refractivity contribution in [1.29, 1.82) is 10.5 Å². The third-order valence-corrected chi connectivity index (χ3v) is 10.8. The number of carbonyl (C=O) groups is 1. The van der Waals surface area contributed by atoms with Crippen molar-refractivity contribution in [3.05, 3.63) is 34.9 Å². The second-order valence-corrected chi connectivity index (χ2v) is 12.1. The van der Waals surface area contributed by atoms with E-state index in [9.17, 15) is 20.4 Å². The van der Waals surface area contributed by atoms with Gasteiger partial charge in [0.15, 0.2) is 0 Å². The fourth-order valence-corrected chi connectivity index (χ4v) is 8.64. The Morgan fingerprint density at radius 2 is 1.51 bits per heavy atom. The molecule has 0 aromatic heterocycles. The smallest absolute Gasteiger partial charge is 0.314 e. The van der Waals surface area contributed by atoms with Gasteiger partial charge in [-0.25, -0.2) is 0 Å². The lowest BCUT2D eigenvalue weighted by Gasteiger charge is -2.64. The van der Waals surface area contributed by atoms with E-state index in [-0.39, 0.29) is 16.5 Å². The largest absolute Gasteiger partial charge is 0.481 e. The number of aliphatic carboxylic acids is 1. The molecule has 4 fully saturated rings. The van der Waals surface area contributed by atoms with Crippen LogP contribution in [0.3, 0.4) is 0 Å². The standard InChI is InChI=1S/C31H42N2O2/c1-3-5-6-11-29(30-15-12-28(10-4-2,13-16-30)14-17-30)18-20-31(21-19-29,27(34)35)26-9-7-8-24(22-32)25(26)23-33/h7-9H,3-6,10-21H2,1-2H3,(H,34,35)/t28?,29-,30?,31+. The first kappa shape index (κ1) is 25.8. The number of unbranched alkanes of at least 4 members (excludes halogenated alkanes) is 2. The highest BCUT2D eigenvalue weighted by Crippen LogP contribution is 2.70. The second kappa shape index (κ2) is 9.97. The molecular formula is C31H42N2O2. The molecule has 188 valence electrons. The van der Waals surface area contributed by atoms with Crippen LogP contribution in [0.15, 0.2) is 18.2 Å². The van der Waals surface area contributed by atoms with Crippen molar-refractivity contribution in [3.8, 4) is 12.1 Å². The third-order valence-electron chi connectivity index (χ3n) is 10.8.